The third-order valence-corrected chi connectivity index (χ3v) is 7.01. The van der Waals surface area contributed by atoms with Crippen LogP contribution >= 0.6 is 23.2 Å². The van der Waals surface area contributed by atoms with E-state index in [9.17, 15) is 13.2 Å². The largest absolute Gasteiger partial charge is 0.459 e. The minimum atomic E-state index is -3.93. The van der Waals surface area contributed by atoms with E-state index in [1.165, 1.54) is 22.6 Å². The van der Waals surface area contributed by atoms with Gasteiger partial charge in [0.2, 0.25) is 10.0 Å². The van der Waals surface area contributed by atoms with Crippen molar-refractivity contribution >= 4 is 50.0 Å². The second kappa shape index (κ2) is 7.78. The number of benzene rings is 1. The molecule has 2 heterocycles. The fourth-order valence-corrected chi connectivity index (χ4v) is 5.34. The molecule has 28 heavy (non-hydrogen) atoms. The number of rotatable bonds is 3. The Labute approximate surface area is 174 Å². The lowest BCUT2D eigenvalue weighted by Crippen LogP contribution is -2.49. The number of carbonyl (C=O) groups is 1. The zero-order valence-electron chi connectivity index (χ0n) is 15.9. The SMILES string of the molecule is CC(C)(C)OC(=O)C1CCCCN1S(=O)(=O)c1ccc2c(Cl)cnc(Cl)c2c1. The van der Waals surface area contributed by atoms with Crippen molar-refractivity contribution in [1.82, 2.24) is 9.29 Å². The molecule has 1 atom stereocenters. The molecule has 0 saturated carbocycles. The van der Waals surface area contributed by atoms with Crippen molar-refractivity contribution in [2.75, 3.05) is 6.54 Å². The molecule has 0 spiro atoms. The molecule has 1 saturated heterocycles. The molecule has 1 aromatic carbocycles. The summed E-state index contributed by atoms with van der Waals surface area (Å²) >= 11 is 12.3. The van der Waals surface area contributed by atoms with Gasteiger partial charge >= 0.3 is 5.97 Å². The standard InChI is InChI=1S/C19H22Cl2N2O4S/c1-19(2,3)27-18(24)16-6-4-5-9-23(16)28(25,26)12-7-8-13-14(10-12)17(21)22-11-15(13)20/h7-8,10-11,16H,4-6,9H2,1-3H3. The number of piperidine rings is 1. The summed E-state index contributed by atoms with van der Waals surface area (Å²) in [5.41, 5.74) is -0.692. The van der Waals surface area contributed by atoms with Crippen LogP contribution in [0.1, 0.15) is 40.0 Å². The van der Waals surface area contributed by atoms with Crippen LogP contribution in [0.2, 0.25) is 10.2 Å². The Bertz CT molecular complexity index is 1020. The molecular formula is C19H22Cl2N2O4S. The van der Waals surface area contributed by atoms with Gasteiger partial charge in [0.1, 0.15) is 16.8 Å². The van der Waals surface area contributed by atoms with Gasteiger partial charge in [0.15, 0.2) is 0 Å². The van der Waals surface area contributed by atoms with Crippen LogP contribution in [0.15, 0.2) is 29.3 Å². The Balaban J connectivity index is 2.01. The maximum atomic E-state index is 13.3. The first-order chi connectivity index (χ1) is 13.0. The molecule has 152 valence electrons. The minimum absolute atomic E-state index is 0.0430. The highest BCUT2D eigenvalue weighted by Gasteiger charge is 2.39. The molecule has 0 bridgehead atoms. The van der Waals surface area contributed by atoms with E-state index in [2.05, 4.69) is 4.98 Å². The lowest BCUT2D eigenvalue weighted by molar-refractivity contribution is -0.160. The quantitative estimate of drug-likeness (QED) is 0.516. The summed E-state index contributed by atoms with van der Waals surface area (Å²) in [4.78, 5) is 16.7. The number of ether oxygens (including phenoxy) is 1. The van der Waals surface area contributed by atoms with Crippen LogP contribution in [0.5, 0.6) is 0 Å². The summed E-state index contributed by atoms with van der Waals surface area (Å²) in [7, 11) is -3.93. The molecule has 0 amide bonds. The van der Waals surface area contributed by atoms with E-state index in [4.69, 9.17) is 27.9 Å². The molecule has 1 aliphatic heterocycles. The second-order valence-electron chi connectivity index (χ2n) is 7.77. The maximum absolute atomic E-state index is 13.3. The molecule has 0 radical (unpaired) electrons. The topological polar surface area (TPSA) is 76.6 Å². The van der Waals surface area contributed by atoms with Crippen molar-refractivity contribution in [3.05, 3.63) is 34.6 Å². The van der Waals surface area contributed by atoms with E-state index in [1.807, 2.05) is 0 Å². The average Bonchev–Trinajstić information content (AvgIpc) is 2.63. The Kier molecular flexibility index (Phi) is 5.92. The van der Waals surface area contributed by atoms with E-state index < -0.39 is 27.6 Å². The van der Waals surface area contributed by atoms with Crippen LogP contribution in [-0.2, 0) is 19.6 Å². The van der Waals surface area contributed by atoms with Crippen LogP contribution in [-0.4, -0.2) is 41.9 Å². The number of aromatic nitrogens is 1. The highest BCUT2D eigenvalue weighted by atomic mass is 35.5. The predicted octanol–water partition coefficient (Wildman–Crippen LogP) is 4.43. The second-order valence-corrected chi connectivity index (χ2v) is 10.4. The number of hydrogen-bond acceptors (Lipinski definition) is 5. The lowest BCUT2D eigenvalue weighted by Gasteiger charge is -2.34. The van der Waals surface area contributed by atoms with E-state index in [-0.39, 0.29) is 16.6 Å². The van der Waals surface area contributed by atoms with Gasteiger partial charge in [0.05, 0.1) is 9.92 Å². The molecular weight excluding hydrogens is 423 g/mol. The Morgan fingerprint density at radius 1 is 1.21 bits per heavy atom. The Hall–Kier alpha value is -1.41. The Morgan fingerprint density at radius 3 is 2.61 bits per heavy atom. The fraction of sp³-hybridized carbons (Fsp3) is 0.474. The molecule has 1 fully saturated rings. The summed E-state index contributed by atoms with van der Waals surface area (Å²) in [5.74, 6) is -0.528. The van der Waals surface area contributed by atoms with Crippen molar-refractivity contribution in [3.63, 3.8) is 0 Å². The van der Waals surface area contributed by atoms with Gasteiger partial charge in [0.25, 0.3) is 0 Å². The van der Waals surface area contributed by atoms with Crippen LogP contribution < -0.4 is 0 Å². The van der Waals surface area contributed by atoms with E-state index in [0.717, 1.165) is 6.42 Å². The smallest absolute Gasteiger partial charge is 0.324 e. The van der Waals surface area contributed by atoms with Crippen molar-refractivity contribution < 1.29 is 17.9 Å². The monoisotopic (exact) mass is 444 g/mol. The van der Waals surface area contributed by atoms with Crippen molar-refractivity contribution in [2.45, 2.75) is 56.6 Å². The number of pyridine rings is 1. The number of hydrogen-bond donors (Lipinski definition) is 0. The number of sulfonamides is 1. The number of esters is 1. The molecule has 6 nitrogen and oxygen atoms in total. The highest BCUT2D eigenvalue weighted by Crippen LogP contribution is 2.32. The van der Waals surface area contributed by atoms with Gasteiger partial charge < -0.3 is 4.74 Å². The number of halogens is 2. The number of nitrogens with zero attached hydrogens (tertiary/aromatic N) is 2. The van der Waals surface area contributed by atoms with Gasteiger partial charge in [-0.2, -0.15) is 4.31 Å². The summed E-state index contributed by atoms with van der Waals surface area (Å²) in [5, 5.41) is 1.61. The Morgan fingerprint density at radius 2 is 1.93 bits per heavy atom. The molecule has 9 heteroatoms. The van der Waals surface area contributed by atoms with Crippen molar-refractivity contribution in [1.29, 1.82) is 0 Å². The van der Waals surface area contributed by atoms with Crippen LogP contribution in [0.25, 0.3) is 10.8 Å². The molecule has 1 aromatic heterocycles. The van der Waals surface area contributed by atoms with Crippen LogP contribution in [0, 0.1) is 0 Å². The maximum Gasteiger partial charge on any atom is 0.324 e. The lowest BCUT2D eigenvalue weighted by atomic mass is 10.0. The fourth-order valence-electron chi connectivity index (χ4n) is 3.25. The van der Waals surface area contributed by atoms with Gasteiger partial charge in [-0.1, -0.05) is 29.3 Å². The highest BCUT2D eigenvalue weighted by molar-refractivity contribution is 7.89. The van der Waals surface area contributed by atoms with Crippen LogP contribution in [0.3, 0.4) is 0 Å². The number of fused-ring (bicyclic) bond motifs is 1. The summed E-state index contributed by atoms with van der Waals surface area (Å²) < 4.78 is 33.3. The van der Waals surface area contributed by atoms with Crippen LogP contribution in [0.4, 0.5) is 0 Å². The molecule has 0 N–H and O–H groups in total. The zero-order chi connectivity index (χ0) is 20.7. The van der Waals surface area contributed by atoms with Gasteiger partial charge in [-0.25, -0.2) is 13.4 Å². The predicted molar refractivity (Wildman–Crippen MR) is 109 cm³/mol. The van der Waals surface area contributed by atoms with Gasteiger partial charge in [-0.05, 0) is 52.2 Å². The third-order valence-electron chi connectivity index (χ3n) is 4.50. The van der Waals surface area contributed by atoms with Crippen molar-refractivity contribution in [3.8, 4) is 0 Å². The minimum Gasteiger partial charge on any atom is -0.459 e. The summed E-state index contributed by atoms with van der Waals surface area (Å²) in [6, 6.07) is 3.68. The van der Waals surface area contributed by atoms with Gasteiger partial charge in [-0.15, -0.1) is 0 Å². The summed E-state index contributed by atoms with van der Waals surface area (Å²) in [6.45, 7) is 5.53. The van der Waals surface area contributed by atoms with E-state index >= 15 is 0 Å². The first kappa shape index (κ1) is 21.3. The zero-order valence-corrected chi connectivity index (χ0v) is 18.2. The normalized spacial score (nSPS) is 19.0. The summed E-state index contributed by atoms with van der Waals surface area (Å²) in [6.07, 6.45) is 3.29. The van der Waals surface area contributed by atoms with Gasteiger partial charge in [-0.3, -0.25) is 4.79 Å². The molecule has 1 unspecified atom stereocenters. The first-order valence-electron chi connectivity index (χ1n) is 8.99. The third kappa shape index (κ3) is 4.27. The number of carbonyl (C=O) groups excluding carboxylic acids is 1. The average molecular weight is 445 g/mol. The van der Waals surface area contributed by atoms with E-state index in [0.29, 0.717) is 28.6 Å². The molecule has 3 rings (SSSR count). The van der Waals surface area contributed by atoms with Gasteiger partial charge in [0, 0.05) is 23.5 Å². The first-order valence-corrected chi connectivity index (χ1v) is 11.2. The molecule has 1 aliphatic rings. The van der Waals surface area contributed by atoms with Crippen molar-refractivity contribution in [2.24, 2.45) is 0 Å². The van der Waals surface area contributed by atoms with E-state index in [1.54, 1.807) is 26.8 Å². The molecule has 0 aliphatic carbocycles. The molecule has 2 aromatic rings.